The van der Waals surface area contributed by atoms with Crippen LogP contribution in [-0.4, -0.2) is 45.3 Å². The number of hydrogen-bond acceptors (Lipinski definition) is 4. The summed E-state index contributed by atoms with van der Waals surface area (Å²) in [6.07, 6.45) is 10.3. The molecular formula is C14H25N5. The molecule has 5 nitrogen and oxygen atoms in total. The van der Waals surface area contributed by atoms with E-state index in [4.69, 9.17) is 0 Å². The molecule has 0 spiro atoms. The summed E-state index contributed by atoms with van der Waals surface area (Å²) in [5, 5.41) is 11.9. The zero-order valence-corrected chi connectivity index (χ0v) is 11.7. The Hall–Kier alpha value is -0.940. The molecule has 0 saturated heterocycles. The zero-order valence-electron chi connectivity index (χ0n) is 11.7. The average molecular weight is 263 g/mol. The fourth-order valence-corrected chi connectivity index (χ4v) is 3.22. The second kappa shape index (κ2) is 6.48. The molecule has 1 aliphatic heterocycles. The van der Waals surface area contributed by atoms with Crippen molar-refractivity contribution in [3.8, 4) is 0 Å². The van der Waals surface area contributed by atoms with Crippen LogP contribution in [0, 0.1) is 0 Å². The van der Waals surface area contributed by atoms with Gasteiger partial charge >= 0.3 is 0 Å². The van der Waals surface area contributed by atoms with Crippen LogP contribution in [0.1, 0.15) is 44.3 Å². The predicted molar refractivity (Wildman–Crippen MR) is 74.8 cm³/mol. The summed E-state index contributed by atoms with van der Waals surface area (Å²) in [7, 11) is 0. The van der Waals surface area contributed by atoms with E-state index in [-0.39, 0.29) is 0 Å². The number of fused-ring (bicyclic) bond motifs is 1. The molecule has 1 aromatic heterocycles. The van der Waals surface area contributed by atoms with Crippen molar-refractivity contribution in [3.63, 3.8) is 0 Å². The highest BCUT2D eigenvalue weighted by Crippen LogP contribution is 2.17. The molecule has 0 aromatic carbocycles. The van der Waals surface area contributed by atoms with Crippen molar-refractivity contribution in [2.24, 2.45) is 0 Å². The first-order valence-corrected chi connectivity index (χ1v) is 7.74. The molecule has 19 heavy (non-hydrogen) atoms. The Bertz CT molecular complexity index is 381. The van der Waals surface area contributed by atoms with Gasteiger partial charge in [-0.25, -0.2) is 0 Å². The topological polar surface area (TPSA) is 46.0 Å². The maximum absolute atomic E-state index is 4.17. The molecule has 1 aromatic rings. The minimum absolute atomic E-state index is 0.760. The fourth-order valence-electron chi connectivity index (χ4n) is 3.22. The van der Waals surface area contributed by atoms with Crippen LogP contribution in [0.3, 0.4) is 0 Å². The van der Waals surface area contributed by atoms with Gasteiger partial charge in [0.2, 0.25) is 0 Å². The number of hydrogen-bond donors (Lipinski definition) is 1. The van der Waals surface area contributed by atoms with Crippen molar-refractivity contribution in [2.75, 3.05) is 19.6 Å². The van der Waals surface area contributed by atoms with Crippen LogP contribution >= 0.6 is 0 Å². The molecule has 0 radical (unpaired) electrons. The quantitative estimate of drug-likeness (QED) is 0.834. The molecule has 0 amide bonds. The summed E-state index contributed by atoms with van der Waals surface area (Å²) >= 11 is 0. The van der Waals surface area contributed by atoms with Gasteiger partial charge in [0.25, 0.3) is 0 Å². The van der Waals surface area contributed by atoms with Gasteiger partial charge in [-0.15, -0.1) is 10.2 Å². The Labute approximate surface area is 115 Å². The zero-order chi connectivity index (χ0) is 12.9. The highest BCUT2D eigenvalue weighted by molar-refractivity contribution is 4.90. The van der Waals surface area contributed by atoms with Gasteiger partial charge in [0.15, 0.2) is 0 Å². The lowest BCUT2D eigenvalue weighted by Gasteiger charge is -2.27. The highest BCUT2D eigenvalue weighted by Gasteiger charge is 2.17. The van der Waals surface area contributed by atoms with Crippen LogP contribution in [0.15, 0.2) is 6.33 Å². The minimum Gasteiger partial charge on any atom is -0.315 e. The van der Waals surface area contributed by atoms with Crippen molar-refractivity contribution in [1.82, 2.24) is 25.0 Å². The van der Waals surface area contributed by atoms with E-state index >= 15 is 0 Å². The van der Waals surface area contributed by atoms with E-state index in [1.54, 1.807) is 0 Å². The van der Waals surface area contributed by atoms with Crippen molar-refractivity contribution >= 4 is 0 Å². The molecule has 2 aliphatic rings. The summed E-state index contributed by atoms with van der Waals surface area (Å²) in [4.78, 5) is 2.48. The first-order valence-electron chi connectivity index (χ1n) is 7.74. The molecule has 1 aliphatic carbocycles. The van der Waals surface area contributed by atoms with E-state index in [9.17, 15) is 0 Å². The van der Waals surface area contributed by atoms with E-state index in [2.05, 4.69) is 25.0 Å². The van der Waals surface area contributed by atoms with Gasteiger partial charge in [0.1, 0.15) is 12.2 Å². The summed E-state index contributed by atoms with van der Waals surface area (Å²) in [6, 6.07) is 0.760. The first kappa shape index (κ1) is 13.1. The normalized spacial score (nSPS) is 22.1. The first-order chi connectivity index (χ1) is 9.42. The Morgan fingerprint density at radius 2 is 2.00 bits per heavy atom. The molecule has 3 rings (SSSR count). The van der Waals surface area contributed by atoms with Gasteiger partial charge in [-0.3, -0.25) is 4.90 Å². The standard InChI is InChI=1S/C14H25N5/c1-2-4-6-13(5-3-1)15-7-8-18-9-10-19-12-16-17-14(19)11-18/h12-13,15H,1-11H2. The molecule has 5 heteroatoms. The Kier molecular flexibility index (Phi) is 4.45. The Morgan fingerprint density at radius 3 is 2.84 bits per heavy atom. The summed E-state index contributed by atoms with van der Waals surface area (Å²) in [5.74, 6) is 1.11. The number of nitrogens with zero attached hydrogens (tertiary/aromatic N) is 4. The minimum atomic E-state index is 0.760. The SMILES string of the molecule is c1nnc2n1CCN(CCNC1CCCCCC1)C2. The maximum atomic E-state index is 4.17. The lowest BCUT2D eigenvalue weighted by molar-refractivity contribution is 0.213. The monoisotopic (exact) mass is 263 g/mol. The highest BCUT2D eigenvalue weighted by atomic mass is 15.3. The van der Waals surface area contributed by atoms with Crippen LogP contribution < -0.4 is 5.32 Å². The largest absolute Gasteiger partial charge is 0.315 e. The second-order valence-electron chi connectivity index (χ2n) is 5.86. The number of rotatable bonds is 4. The molecule has 1 N–H and O–H groups in total. The molecular weight excluding hydrogens is 238 g/mol. The van der Waals surface area contributed by atoms with Crippen LogP contribution in [0.5, 0.6) is 0 Å². The van der Waals surface area contributed by atoms with E-state index in [0.717, 1.165) is 44.6 Å². The fraction of sp³-hybridized carbons (Fsp3) is 0.857. The summed E-state index contributed by atoms with van der Waals surface area (Å²) in [6.45, 7) is 5.34. The van der Waals surface area contributed by atoms with Crippen molar-refractivity contribution < 1.29 is 0 Å². The third kappa shape index (κ3) is 3.54. The predicted octanol–water partition coefficient (Wildman–Crippen LogP) is 1.41. The van der Waals surface area contributed by atoms with E-state index in [0.29, 0.717) is 0 Å². The third-order valence-electron chi connectivity index (χ3n) is 4.43. The molecule has 106 valence electrons. The van der Waals surface area contributed by atoms with E-state index < -0.39 is 0 Å². The number of nitrogens with one attached hydrogen (secondary N) is 1. The lowest BCUT2D eigenvalue weighted by atomic mass is 10.1. The maximum Gasteiger partial charge on any atom is 0.147 e. The van der Waals surface area contributed by atoms with Crippen LogP contribution in [-0.2, 0) is 13.1 Å². The van der Waals surface area contributed by atoms with Gasteiger partial charge in [0.05, 0.1) is 6.54 Å². The van der Waals surface area contributed by atoms with Crippen molar-refractivity contribution in [3.05, 3.63) is 12.2 Å². The molecule has 1 fully saturated rings. The molecule has 1 saturated carbocycles. The van der Waals surface area contributed by atoms with Crippen molar-refractivity contribution in [2.45, 2.75) is 57.7 Å². The second-order valence-corrected chi connectivity index (χ2v) is 5.86. The Morgan fingerprint density at radius 1 is 1.16 bits per heavy atom. The van der Waals surface area contributed by atoms with Crippen molar-refractivity contribution in [1.29, 1.82) is 0 Å². The van der Waals surface area contributed by atoms with Gasteiger partial charge in [-0.1, -0.05) is 25.7 Å². The molecule has 2 heterocycles. The molecule has 0 atom stereocenters. The summed E-state index contributed by atoms with van der Waals surface area (Å²) < 4.78 is 2.16. The van der Waals surface area contributed by atoms with Gasteiger partial charge < -0.3 is 9.88 Å². The van der Waals surface area contributed by atoms with Crippen LogP contribution in [0.4, 0.5) is 0 Å². The smallest absolute Gasteiger partial charge is 0.147 e. The van der Waals surface area contributed by atoms with Gasteiger partial charge in [-0.2, -0.15) is 0 Å². The average Bonchev–Trinajstić information content (AvgIpc) is 2.74. The van der Waals surface area contributed by atoms with E-state index in [1.165, 1.54) is 38.5 Å². The van der Waals surface area contributed by atoms with Crippen LogP contribution in [0.25, 0.3) is 0 Å². The lowest BCUT2D eigenvalue weighted by Crippen LogP contribution is -2.40. The number of aromatic nitrogens is 3. The molecule has 0 unspecified atom stereocenters. The molecule has 0 bridgehead atoms. The Balaban J connectivity index is 1.38. The van der Waals surface area contributed by atoms with E-state index in [1.807, 2.05) is 6.33 Å². The van der Waals surface area contributed by atoms with Gasteiger partial charge in [-0.05, 0) is 12.8 Å². The van der Waals surface area contributed by atoms with Gasteiger partial charge in [0, 0.05) is 32.2 Å². The summed E-state index contributed by atoms with van der Waals surface area (Å²) in [5.41, 5.74) is 0. The van der Waals surface area contributed by atoms with Crippen LogP contribution in [0.2, 0.25) is 0 Å². The third-order valence-corrected chi connectivity index (χ3v) is 4.43.